The molecule has 1 aromatic carbocycles. The molecular formula is C26H35F4N9O4. The molecular weight excluding hydrogens is 578 g/mol. The Balaban J connectivity index is 1.98. The maximum atomic E-state index is 15.6. The lowest BCUT2D eigenvalue weighted by molar-refractivity contribution is -0.209. The molecule has 236 valence electrons. The smallest absolute Gasteiger partial charge is 0.435 e. The highest BCUT2D eigenvalue weighted by Crippen LogP contribution is 2.30. The van der Waals surface area contributed by atoms with Gasteiger partial charge >= 0.3 is 24.2 Å². The van der Waals surface area contributed by atoms with Gasteiger partial charge in [0.1, 0.15) is 11.5 Å². The van der Waals surface area contributed by atoms with E-state index in [1.54, 1.807) is 23.9 Å². The largest absolute Gasteiger partial charge is 0.491 e. The fourth-order valence-electron chi connectivity index (χ4n) is 4.22. The second kappa shape index (κ2) is 13.7. The lowest BCUT2D eigenvalue weighted by Gasteiger charge is -2.34. The summed E-state index contributed by atoms with van der Waals surface area (Å²) in [4.78, 5) is 50.3. The Morgan fingerprint density at radius 3 is 2.33 bits per heavy atom. The van der Waals surface area contributed by atoms with E-state index >= 15 is 4.39 Å². The van der Waals surface area contributed by atoms with Crippen molar-refractivity contribution in [1.82, 2.24) is 34.9 Å². The minimum absolute atomic E-state index is 0.0515. The van der Waals surface area contributed by atoms with E-state index in [9.17, 15) is 27.6 Å². The standard InChI is InChI=1S/C26H35F4N9O4/c1-7-37(8-2)24(41)34-19-14-31-35-21(19)22-32-17-12-16(27)20(13-18(17)33-22)39(11-10-36(5)6)25(42)38(9-3)15(4)43-23(40)26(28,29)30/h12-15H,7-11H2,1-6H3,(H,31,35)(H,32,33)(H,34,41). The van der Waals surface area contributed by atoms with Crippen LogP contribution >= 0.6 is 0 Å². The lowest BCUT2D eigenvalue weighted by Crippen LogP contribution is -2.51. The number of imidazole rings is 1. The number of alkyl halides is 3. The number of benzene rings is 1. The number of urea groups is 2. The quantitative estimate of drug-likeness (QED) is 0.167. The second-order valence-electron chi connectivity index (χ2n) is 9.69. The number of rotatable bonds is 11. The van der Waals surface area contributed by atoms with Gasteiger partial charge < -0.3 is 24.8 Å². The normalized spacial score (nSPS) is 12.3. The number of esters is 1. The van der Waals surface area contributed by atoms with Crippen LogP contribution in [-0.4, -0.2) is 112 Å². The number of H-pyrrole nitrogens is 2. The van der Waals surface area contributed by atoms with Crippen molar-refractivity contribution in [2.45, 2.75) is 40.1 Å². The zero-order valence-electron chi connectivity index (χ0n) is 24.7. The molecule has 17 heteroatoms. The number of carbonyl (C=O) groups is 3. The number of fused-ring (bicyclic) bond motifs is 1. The van der Waals surface area contributed by atoms with E-state index in [2.05, 4.69) is 30.2 Å². The number of hydrogen-bond donors (Lipinski definition) is 3. The second-order valence-corrected chi connectivity index (χ2v) is 9.69. The molecule has 2 heterocycles. The number of aromatic amines is 2. The third-order valence-electron chi connectivity index (χ3n) is 6.55. The molecule has 0 bridgehead atoms. The average molecular weight is 614 g/mol. The van der Waals surface area contributed by atoms with Crippen LogP contribution in [0.15, 0.2) is 18.3 Å². The molecule has 0 aliphatic heterocycles. The Hall–Kier alpha value is -4.41. The fraction of sp³-hybridized carbons (Fsp3) is 0.500. The first kappa shape index (κ1) is 33.1. The number of anilines is 2. The topological polar surface area (TPSA) is 143 Å². The highest BCUT2D eigenvalue weighted by Gasteiger charge is 2.43. The van der Waals surface area contributed by atoms with Crippen LogP contribution in [0.4, 0.5) is 38.5 Å². The van der Waals surface area contributed by atoms with Gasteiger partial charge in [-0.05, 0) is 47.9 Å². The maximum Gasteiger partial charge on any atom is 0.491 e. The van der Waals surface area contributed by atoms with Gasteiger partial charge in [-0.1, -0.05) is 0 Å². The van der Waals surface area contributed by atoms with Crippen LogP contribution in [0.2, 0.25) is 0 Å². The summed E-state index contributed by atoms with van der Waals surface area (Å²) in [5, 5.41) is 9.50. The Morgan fingerprint density at radius 2 is 1.74 bits per heavy atom. The summed E-state index contributed by atoms with van der Waals surface area (Å²) in [5.74, 6) is -3.03. The molecule has 43 heavy (non-hydrogen) atoms. The van der Waals surface area contributed by atoms with Gasteiger partial charge in [-0.2, -0.15) is 18.3 Å². The summed E-state index contributed by atoms with van der Waals surface area (Å²) in [5.41, 5.74) is 0.998. The van der Waals surface area contributed by atoms with E-state index in [1.165, 1.54) is 19.2 Å². The SMILES string of the molecule is CCN(CC)C(=O)Nc1cn[nH]c1-c1nc2cc(N(CCN(C)C)C(=O)N(CC)C(C)OC(=O)C(F)(F)F)c(F)cc2[nH]1. The Bertz CT molecular complexity index is 1440. The molecule has 0 spiro atoms. The zero-order valence-corrected chi connectivity index (χ0v) is 24.7. The molecule has 3 rings (SSSR count). The van der Waals surface area contributed by atoms with E-state index in [1.807, 2.05) is 13.8 Å². The molecule has 1 unspecified atom stereocenters. The van der Waals surface area contributed by atoms with E-state index in [0.717, 1.165) is 22.8 Å². The van der Waals surface area contributed by atoms with Gasteiger partial charge in [-0.25, -0.2) is 23.8 Å². The third kappa shape index (κ3) is 7.71. The number of ether oxygens (including phenoxy) is 1. The van der Waals surface area contributed by atoms with Gasteiger partial charge in [0.05, 0.1) is 28.6 Å². The summed E-state index contributed by atoms with van der Waals surface area (Å²) < 4.78 is 58.4. The van der Waals surface area contributed by atoms with E-state index < -0.39 is 30.2 Å². The lowest BCUT2D eigenvalue weighted by atomic mass is 10.2. The van der Waals surface area contributed by atoms with Crippen molar-refractivity contribution in [3.8, 4) is 11.5 Å². The first-order chi connectivity index (χ1) is 20.2. The van der Waals surface area contributed by atoms with E-state index in [0.29, 0.717) is 24.5 Å². The van der Waals surface area contributed by atoms with Gasteiger partial charge in [0.15, 0.2) is 12.1 Å². The predicted molar refractivity (Wildman–Crippen MR) is 151 cm³/mol. The number of carbonyl (C=O) groups excluding carboxylic acids is 3. The van der Waals surface area contributed by atoms with Crippen LogP contribution in [-0.2, 0) is 9.53 Å². The summed E-state index contributed by atoms with van der Waals surface area (Å²) in [6, 6.07) is 1.23. The Kier molecular flexibility index (Phi) is 10.6. The van der Waals surface area contributed by atoms with Crippen LogP contribution in [0.3, 0.4) is 0 Å². The molecule has 0 saturated carbocycles. The highest BCUT2D eigenvalue weighted by atomic mass is 19.4. The van der Waals surface area contributed by atoms with Crippen LogP contribution in [0.25, 0.3) is 22.6 Å². The van der Waals surface area contributed by atoms with Crippen molar-refractivity contribution in [3.63, 3.8) is 0 Å². The van der Waals surface area contributed by atoms with Gasteiger partial charge in [-0.15, -0.1) is 0 Å². The number of amides is 4. The number of nitrogens with zero attached hydrogens (tertiary/aromatic N) is 6. The summed E-state index contributed by atoms with van der Waals surface area (Å²) in [7, 11) is 3.46. The van der Waals surface area contributed by atoms with E-state index in [-0.39, 0.29) is 48.2 Å². The minimum atomic E-state index is -5.25. The first-order valence-corrected chi connectivity index (χ1v) is 13.5. The molecule has 4 amide bonds. The van der Waals surface area contributed by atoms with E-state index in [4.69, 9.17) is 0 Å². The van der Waals surface area contributed by atoms with Crippen molar-refractivity contribution >= 4 is 40.4 Å². The van der Waals surface area contributed by atoms with Crippen molar-refractivity contribution in [2.24, 2.45) is 0 Å². The molecule has 3 aromatic rings. The van der Waals surface area contributed by atoms with Crippen molar-refractivity contribution in [3.05, 3.63) is 24.1 Å². The molecule has 0 aliphatic carbocycles. The van der Waals surface area contributed by atoms with Crippen LogP contribution in [0.1, 0.15) is 27.7 Å². The summed E-state index contributed by atoms with van der Waals surface area (Å²) in [6.07, 6.45) is -5.44. The summed E-state index contributed by atoms with van der Waals surface area (Å²) in [6.45, 7) is 7.35. The summed E-state index contributed by atoms with van der Waals surface area (Å²) >= 11 is 0. The molecule has 3 N–H and O–H groups in total. The van der Waals surface area contributed by atoms with Crippen molar-refractivity contribution in [1.29, 1.82) is 0 Å². The molecule has 0 aliphatic rings. The average Bonchev–Trinajstić information content (AvgIpc) is 3.55. The molecule has 0 fully saturated rings. The van der Waals surface area contributed by atoms with Crippen molar-refractivity contribution < 1.29 is 36.7 Å². The minimum Gasteiger partial charge on any atom is -0.435 e. The number of nitrogens with one attached hydrogen (secondary N) is 3. The molecule has 0 saturated heterocycles. The van der Waals surface area contributed by atoms with Gasteiger partial charge in [0.25, 0.3) is 0 Å². The van der Waals surface area contributed by atoms with Crippen LogP contribution in [0, 0.1) is 5.82 Å². The predicted octanol–water partition coefficient (Wildman–Crippen LogP) is 4.23. The van der Waals surface area contributed by atoms with Gasteiger partial charge in [0.2, 0.25) is 0 Å². The van der Waals surface area contributed by atoms with Crippen LogP contribution in [0.5, 0.6) is 0 Å². The fourth-order valence-corrected chi connectivity index (χ4v) is 4.22. The van der Waals surface area contributed by atoms with Gasteiger partial charge in [0, 0.05) is 38.8 Å². The highest BCUT2D eigenvalue weighted by molar-refractivity contribution is 5.96. The maximum absolute atomic E-state index is 15.6. The zero-order chi connectivity index (χ0) is 32.1. The number of hydrogen-bond acceptors (Lipinski definition) is 7. The monoisotopic (exact) mass is 613 g/mol. The Morgan fingerprint density at radius 1 is 1.07 bits per heavy atom. The first-order valence-electron chi connectivity index (χ1n) is 13.5. The number of halogens is 4. The number of likely N-dealkylation sites (N-methyl/N-ethyl adjacent to an activating group) is 1. The van der Waals surface area contributed by atoms with Crippen molar-refractivity contribution in [2.75, 3.05) is 57.0 Å². The molecule has 2 aromatic heterocycles. The Labute approximate surface area is 245 Å². The molecule has 0 radical (unpaired) electrons. The van der Waals surface area contributed by atoms with Crippen LogP contribution < -0.4 is 10.2 Å². The molecule has 1 atom stereocenters. The van der Waals surface area contributed by atoms with Gasteiger partial charge in [-0.3, -0.25) is 14.9 Å². The molecule has 13 nitrogen and oxygen atoms in total. The number of aromatic nitrogens is 4. The third-order valence-corrected chi connectivity index (χ3v) is 6.55.